The fourth-order valence-electron chi connectivity index (χ4n) is 2.94. The van der Waals surface area contributed by atoms with Crippen molar-refractivity contribution >= 4 is 17.4 Å². The summed E-state index contributed by atoms with van der Waals surface area (Å²) >= 11 is 0. The van der Waals surface area contributed by atoms with E-state index in [1.165, 1.54) is 17.7 Å². The van der Waals surface area contributed by atoms with Gasteiger partial charge in [-0.2, -0.15) is 13.2 Å². The number of anilines is 2. The highest BCUT2D eigenvalue weighted by atomic mass is 19.4. The topological polar surface area (TPSA) is 35.6 Å². The van der Waals surface area contributed by atoms with Crippen molar-refractivity contribution < 1.29 is 18.0 Å². The highest BCUT2D eigenvalue weighted by molar-refractivity contribution is 5.89. The number of piperazine rings is 1. The average Bonchev–Trinajstić information content (AvgIpc) is 2.61. The molecular formula is C19H20F3N3O. The summed E-state index contributed by atoms with van der Waals surface area (Å²) in [4.78, 5) is 16.2. The molecule has 2 aromatic rings. The number of aryl methyl sites for hydroxylation is 1. The minimum Gasteiger partial charge on any atom is -0.368 e. The number of halogens is 3. The van der Waals surface area contributed by atoms with Gasteiger partial charge in [0.1, 0.15) is 0 Å². The van der Waals surface area contributed by atoms with Gasteiger partial charge in [-0.3, -0.25) is 0 Å². The van der Waals surface area contributed by atoms with Gasteiger partial charge in [0.25, 0.3) is 0 Å². The number of amides is 2. The molecule has 0 atom stereocenters. The van der Waals surface area contributed by atoms with E-state index >= 15 is 0 Å². The summed E-state index contributed by atoms with van der Waals surface area (Å²) in [5.74, 6) is 0. The number of carbonyl (C=O) groups excluding carboxylic acids is 1. The Morgan fingerprint density at radius 1 is 1.00 bits per heavy atom. The summed E-state index contributed by atoms with van der Waals surface area (Å²) in [7, 11) is 0. The highest BCUT2D eigenvalue weighted by Crippen LogP contribution is 2.29. The van der Waals surface area contributed by atoms with Gasteiger partial charge in [0, 0.05) is 37.6 Å². The minimum absolute atomic E-state index is 0.298. The van der Waals surface area contributed by atoms with E-state index in [2.05, 4.69) is 16.3 Å². The van der Waals surface area contributed by atoms with Crippen molar-refractivity contribution in [2.45, 2.75) is 13.1 Å². The molecule has 0 bridgehead atoms. The zero-order chi connectivity index (χ0) is 18.7. The van der Waals surface area contributed by atoms with Gasteiger partial charge in [0.05, 0.1) is 5.56 Å². The van der Waals surface area contributed by atoms with Crippen LogP contribution in [-0.2, 0) is 6.18 Å². The molecule has 0 saturated carbocycles. The predicted octanol–water partition coefficient (Wildman–Crippen LogP) is 4.37. The maximum Gasteiger partial charge on any atom is 0.416 e. The second kappa shape index (κ2) is 7.27. The van der Waals surface area contributed by atoms with Crippen LogP contribution >= 0.6 is 0 Å². The lowest BCUT2D eigenvalue weighted by atomic mass is 10.2. The number of alkyl halides is 3. The summed E-state index contributed by atoms with van der Waals surface area (Å²) in [6.07, 6.45) is -4.38. The Bertz CT molecular complexity index is 766. The summed E-state index contributed by atoms with van der Waals surface area (Å²) in [5.41, 5.74) is 1.93. The van der Waals surface area contributed by atoms with Crippen LogP contribution in [0.2, 0.25) is 0 Å². The van der Waals surface area contributed by atoms with Gasteiger partial charge >= 0.3 is 12.2 Å². The molecule has 0 unspecified atom stereocenters. The molecule has 1 saturated heterocycles. The highest BCUT2D eigenvalue weighted by Gasteiger charge is 2.30. The van der Waals surface area contributed by atoms with Gasteiger partial charge in [-0.25, -0.2) is 4.79 Å². The molecule has 2 amide bonds. The number of urea groups is 1. The smallest absolute Gasteiger partial charge is 0.368 e. The van der Waals surface area contributed by atoms with Crippen LogP contribution in [0.1, 0.15) is 11.1 Å². The summed E-state index contributed by atoms with van der Waals surface area (Å²) < 4.78 is 37.7. The normalized spacial score (nSPS) is 15.1. The van der Waals surface area contributed by atoms with Gasteiger partial charge in [-0.05, 0) is 48.9 Å². The standard InChI is InChI=1S/C19H20F3N3O/c1-14-3-2-4-17(13-14)24-9-11-25(12-10-24)18(26)23-16-7-5-15(6-8-16)19(20,21)22/h2-8,13H,9-12H2,1H3,(H,23,26). The van der Waals surface area contributed by atoms with Crippen molar-refractivity contribution in [3.8, 4) is 0 Å². The molecule has 138 valence electrons. The molecule has 3 rings (SSSR count). The zero-order valence-electron chi connectivity index (χ0n) is 14.4. The SMILES string of the molecule is Cc1cccc(N2CCN(C(=O)Nc3ccc(C(F)(F)F)cc3)CC2)c1. The van der Waals surface area contributed by atoms with Crippen molar-refractivity contribution in [2.75, 3.05) is 36.4 Å². The van der Waals surface area contributed by atoms with E-state index in [1.54, 1.807) is 4.90 Å². The number of hydrogen-bond donors (Lipinski definition) is 1. The van der Waals surface area contributed by atoms with E-state index in [0.29, 0.717) is 31.9 Å². The van der Waals surface area contributed by atoms with Crippen molar-refractivity contribution in [2.24, 2.45) is 0 Å². The van der Waals surface area contributed by atoms with Crippen LogP contribution in [0.25, 0.3) is 0 Å². The third-order valence-corrected chi connectivity index (χ3v) is 4.40. The van der Waals surface area contributed by atoms with E-state index in [-0.39, 0.29) is 6.03 Å². The second-order valence-electron chi connectivity index (χ2n) is 6.32. The summed E-state index contributed by atoms with van der Waals surface area (Å²) in [6.45, 7) is 4.58. The Balaban J connectivity index is 1.55. The first kappa shape index (κ1) is 18.1. The van der Waals surface area contributed by atoms with E-state index in [4.69, 9.17) is 0 Å². The molecule has 7 heteroatoms. The van der Waals surface area contributed by atoms with Crippen LogP contribution < -0.4 is 10.2 Å². The molecule has 1 fully saturated rings. The third kappa shape index (κ3) is 4.28. The van der Waals surface area contributed by atoms with Gasteiger partial charge in [0.2, 0.25) is 0 Å². The van der Waals surface area contributed by atoms with Crippen molar-refractivity contribution in [1.29, 1.82) is 0 Å². The number of rotatable bonds is 2. The Morgan fingerprint density at radius 3 is 2.23 bits per heavy atom. The molecular weight excluding hydrogens is 343 g/mol. The summed E-state index contributed by atoms with van der Waals surface area (Å²) in [6, 6.07) is 12.4. The number of nitrogens with zero attached hydrogens (tertiary/aromatic N) is 2. The van der Waals surface area contributed by atoms with Crippen LogP contribution in [0.4, 0.5) is 29.3 Å². The Kier molecular flexibility index (Phi) is 5.06. The number of hydrogen-bond acceptors (Lipinski definition) is 2. The lowest BCUT2D eigenvalue weighted by molar-refractivity contribution is -0.137. The average molecular weight is 363 g/mol. The second-order valence-corrected chi connectivity index (χ2v) is 6.32. The molecule has 0 aromatic heterocycles. The van der Waals surface area contributed by atoms with Crippen molar-refractivity contribution in [3.63, 3.8) is 0 Å². The maximum atomic E-state index is 12.6. The lowest BCUT2D eigenvalue weighted by Crippen LogP contribution is -2.50. The van der Waals surface area contributed by atoms with Crippen LogP contribution in [0.15, 0.2) is 48.5 Å². The van der Waals surface area contributed by atoms with Crippen molar-refractivity contribution in [3.05, 3.63) is 59.7 Å². The van der Waals surface area contributed by atoms with Gasteiger partial charge in [-0.1, -0.05) is 12.1 Å². The fraction of sp³-hybridized carbons (Fsp3) is 0.316. The monoisotopic (exact) mass is 363 g/mol. The lowest BCUT2D eigenvalue weighted by Gasteiger charge is -2.36. The predicted molar refractivity (Wildman–Crippen MR) is 95.4 cm³/mol. The van der Waals surface area contributed by atoms with Crippen molar-refractivity contribution in [1.82, 2.24) is 4.90 Å². The van der Waals surface area contributed by atoms with E-state index in [1.807, 2.05) is 25.1 Å². The third-order valence-electron chi connectivity index (χ3n) is 4.40. The van der Waals surface area contributed by atoms with Crippen LogP contribution in [0, 0.1) is 6.92 Å². The Morgan fingerprint density at radius 2 is 1.65 bits per heavy atom. The van der Waals surface area contributed by atoms with Gasteiger partial charge in [0.15, 0.2) is 0 Å². The van der Waals surface area contributed by atoms with Crippen LogP contribution in [0.3, 0.4) is 0 Å². The quantitative estimate of drug-likeness (QED) is 0.860. The number of nitrogens with one attached hydrogen (secondary N) is 1. The van der Waals surface area contributed by atoms with Crippen LogP contribution in [-0.4, -0.2) is 37.1 Å². The number of benzene rings is 2. The molecule has 1 heterocycles. The fourth-order valence-corrected chi connectivity index (χ4v) is 2.94. The molecule has 0 spiro atoms. The maximum absolute atomic E-state index is 12.6. The molecule has 1 aliphatic rings. The molecule has 4 nitrogen and oxygen atoms in total. The molecule has 1 aliphatic heterocycles. The first-order valence-corrected chi connectivity index (χ1v) is 8.38. The number of carbonyl (C=O) groups is 1. The minimum atomic E-state index is -4.38. The largest absolute Gasteiger partial charge is 0.416 e. The molecule has 0 aliphatic carbocycles. The molecule has 0 radical (unpaired) electrons. The first-order valence-electron chi connectivity index (χ1n) is 8.38. The van der Waals surface area contributed by atoms with Gasteiger partial charge < -0.3 is 15.1 Å². The Labute approximate surface area is 150 Å². The summed E-state index contributed by atoms with van der Waals surface area (Å²) in [5, 5.41) is 2.66. The molecule has 2 aromatic carbocycles. The van der Waals surface area contributed by atoms with E-state index in [0.717, 1.165) is 17.8 Å². The molecule has 26 heavy (non-hydrogen) atoms. The van der Waals surface area contributed by atoms with E-state index < -0.39 is 11.7 Å². The Hall–Kier alpha value is -2.70. The first-order chi connectivity index (χ1) is 12.3. The zero-order valence-corrected chi connectivity index (χ0v) is 14.4. The van der Waals surface area contributed by atoms with Gasteiger partial charge in [-0.15, -0.1) is 0 Å². The van der Waals surface area contributed by atoms with E-state index in [9.17, 15) is 18.0 Å². The van der Waals surface area contributed by atoms with Crippen LogP contribution in [0.5, 0.6) is 0 Å². The molecule has 1 N–H and O–H groups in total.